The second kappa shape index (κ2) is 8.44. The van der Waals surface area contributed by atoms with Crippen LogP contribution in [0.4, 0.5) is 0 Å². The van der Waals surface area contributed by atoms with E-state index < -0.39 is 0 Å². The van der Waals surface area contributed by atoms with E-state index in [1.807, 2.05) is 12.1 Å². The van der Waals surface area contributed by atoms with Crippen molar-refractivity contribution in [2.24, 2.45) is 0 Å². The molecule has 0 unspecified atom stereocenters. The number of aryl methyl sites for hydroxylation is 1. The number of aromatic nitrogens is 3. The van der Waals surface area contributed by atoms with Crippen LogP contribution in [0.15, 0.2) is 36.9 Å². The molecule has 128 valence electrons. The smallest absolute Gasteiger partial charge is 0.251 e. The van der Waals surface area contributed by atoms with Crippen molar-refractivity contribution in [1.82, 2.24) is 20.1 Å². The SMILES string of the molecule is O=C(NCCCn1cncn1)c1cccc(OC[C@H]2CCCO2)c1. The van der Waals surface area contributed by atoms with Crippen LogP contribution < -0.4 is 10.1 Å². The molecule has 1 N–H and O–H groups in total. The molecule has 24 heavy (non-hydrogen) atoms. The molecule has 1 fully saturated rings. The summed E-state index contributed by atoms with van der Waals surface area (Å²) in [5.41, 5.74) is 0.598. The van der Waals surface area contributed by atoms with Crippen molar-refractivity contribution in [2.75, 3.05) is 19.8 Å². The lowest BCUT2D eigenvalue weighted by atomic mass is 10.2. The zero-order chi connectivity index (χ0) is 16.6. The molecule has 1 aromatic carbocycles. The third-order valence-electron chi connectivity index (χ3n) is 3.87. The Kier molecular flexibility index (Phi) is 5.79. The van der Waals surface area contributed by atoms with Gasteiger partial charge in [-0.3, -0.25) is 9.48 Å². The summed E-state index contributed by atoms with van der Waals surface area (Å²) in [7, 11) is 0. The predicted octanol–water partition coefficient (Wildman–Crippen LogP) is 1.66. The zero-order valence-corrected chi connectivity index (χ0v) is 13.6. The van der Waals surface area contributed by atoms with Crippen molar-refractivity contribution in [3.8, 4) is 5.75 Å². The van der Waals surface area contributed by atoms with Gasteiger partial charge in [-0.15, -0.1) is 0 Å². The molecule has 7 heteroatoms. The fourth-order valence-electron chi connectivity index (χ4n) is 2.59. The highest BCUT2D eigenvalue weighted by atomic mass is 16.5. The van der Waals surface area contributed by atoms with E-state index in [9.17, 15) is 4.79 Å². The Hall–Kier alpha value is -2.41. The first kappa shape index (κ1) is 16.4. The number of benzene rings is 1. The Morgan fingerprint density at radius 3 is 3.21 bits per heavy atom. The Bertz CT molecular complexity index is 639. The van der Waals surface area contributed by atoms with Gasteiger partial charge in [0.05, 0.1) is 6.10 Å². The van der Waals surface area contributed by atoms with Gasteiger partial charge in [-0.05, 0) is 37.5 Å². The molecule has 0 aliphatic carbocycles. The lowest BCUT2D eigenvalue weighted by Gasteiger charge is -2.12. The van der Waals surface area contributed by atoms with Crippen LogP contribution in [0.2, 0.25) is 0 Å². The van der Waals surface area contributed by atoms with E-state index in [1.165, 1.54) is 6.33 Å². The molecule has 3 rings (SSSR count). The third-order valence-corrected chi connectivity index (χ3v) is 3.87. The molecule has 1 aliphatic rings. The lowest BCUT2D eigenvalue weighted by molar-refractivity contribution is 0.0679. The Labute approximate surface area is 141 Å². The molecule has 0 radical (unpaired) electrons. The molecule has 0 saturated carbocycles. The Morgan fingerprint density at radius 1 is 1.46 bits per heavy atom. The maximum absolute atomic E-state index is 12.2. The second-order valence-corrected chi connectivity index (χ2v) is 5.74. The van der Waals surface area contributed by atoms with Gasteiger partial charge in [0.2, 0.25) is 0 Å². The van der Waals surface area contributed by atoms with Crippen molar-refractivity contribution in [2.45, 2.75) is 31.9 Å². The Balaban J connectivity index is 1.42. The lowest BCUT2D eigenvalue weighted by Crippen LogP contribution is -2.25. The van der Waals surface area contributed by atoms with E-state index in [0.29, 0.717) is 24.5 Å². The number of nitrogens with one attached hydrogen (secondary N) is 1. The number of rotatable bonds is 8. The summed E-state index contributed by atoms with van der Waals surface area (Å²) in [6, 6.07) is 7.24. The molecule has 2 heterocycles. The monoisotopic (exact) mass is 330 g/mol. The van der Waals surface area contributed by atoms with Gasteiger partial charge in [0, 0.05) is 25.3 Å². The van der Waals surface area contributed by atoms with Crippen LogP contribution in [-0.4, -0.2) is 46.5 Å². The molecule has 2 aromatic rings. The van der Waals surface area contributed by atoms with Crippen molar-refractivity contribution in [3.63, 3.8) is 0 Å². The number of amides is 1. The van der Waals surface area contributed by atoms with E-state index >= 15 is 0 Å². The van der Waals surface area contributed by atoms with Gasteiger partial charge in [0.25, 0.3) is 5.91 Å². The number of ether oxygens (including phenoxy) is 2. The van der Waals surface area contributed by atoms with Crippen LogP contribution in [-0.2, 0) is 11.3 Å². The van der Waals surface area contributed by atoms with Crippen LogP contribution >= 0.6 is 0 Å². The summed E-state index contributed by atoms with van der Waals surface area (Å²) in [6.07, 6.45) is 6.25. The standard InChI is InChI=1S/C17H22N4O3/c22-17(19-7-3-8-21-13-18-12-20-21)14-4-1-5-15(10-14)24-11-16-6-2-9-23-16/h1,4-5,10,12-13,16H,2-3,6-9,11H2,(H,19,22)/t16-/m1/s1. The van der Waals surface area contributed by atoms with E-state index in [4.69, 9.17) is 9.47 Å². The molecular formula is C17H22N4O3. The highest BCUT2D eigenvalue weighted by molar-refractivity contribution is 5.94. The van der Waals surface area contributed by atoms with Gasteiger partial charge < -0.3 is 14.8 Å². The van der Waals surface area contributed by atoms with E-state index in [0.717, 1.165) is 32.4 Å². The van der Waals surface area contributed by atoms with Gasteiger partial charge in [0.15, 0.2) is 0 Å². The first-order chi connectivity index (χ1) is 11.8. The molecule has 1 aromatic heterocycles. The number of carbonyl (C=O) groups is 1. The second-order valence-electron chi connectivity index (χ2n) is 5.74. The van der Waals surface area contributed by atoms with Crippen molar-refractivity contribution < 1.29 is 14.3 Å². The first-order valence-electron chi connectivity index (χ1n) is 8.26. The number of nitrogens with zero attached hydrogens (tertiary/aromatic N) is 3. The summed E-state index contributed by atoms with van der Waals surface area (Å²) in [4.78, 5) is 16.1. The summed E-state index contributed by atoms with van der Waals surface area (Å²) < 4.78 is 13.0. The molecule has 7 nitrogen and oxygen atoms in total. The van der Waals surface area contributed by atoms with Gasteiger partial charge in [-0.2, -0.15) is 5.10 Å². The summed E-state index contributed by atoms with van der Waals surface area (Å²) in [5.74, 6) is 0.594. The van der Waals surface area contributed by atoms with E-state index in [-0.39, 0.29) is 12.0 Å². The Morgan fingerprint density at radius 2 is 2.42 bits per heavy atom. The van der Waals surface area contributed by atoms with E-state index in [2.05, 4.69) is 15.4 Å². The fourth-order valence-corrected chi connectivity index (χ4v) is 2.59. The van der Waals surface area contributed by atoms with Crippen LogP contribution in [0.25, 0.3) is 0 Å². The zero-order valence-electron chi connectivity index (χ0n) is 13.6. The molecule has 0 bridgehead atoms. The molecule has 1 atom stereocenters. The number of carbonyl (C=O) groups excluding carboxylic acids is 1. The van der Waals surface area contributed by atoms with Gasteiger partial charge >= 0.3 is 0 Å². The molecule has 1 saturated heterocycles. The van der Waals surface area contributed by atoms with Gasteiger partial charge in [-0.25, -0.2) is 4.98 Å². The van der Waals surface area contributed by atoms with Crippen molar-refractivity contribution >= 4 is 5.91 Å². The van der Waals surface area contributed by atoms with E-state index in [1.54, 1.807) is 23.1 Å². The highest BCUT2D eigenvalue weighted by Gasteiger charge is 2.16. The molecular weight excluding hydrogens is 308 g/mol. The first-order valence-corrected chi connectivity index (χ1v) is 8.26. The van der Waals surface area contributed by atoms with Gasteiger partial charge in [0.1, 0.15) is 25.0 Å². The highest BCUT2D eigenvalue weighted by Crippen LogP contribution is 2.17. The number of hydrogen-bond acceptors (Lipinski definition) is 5. The quantitative estimate of drug-likeness (QED) is 0.745. The fraction of sp³-hybridized carbons (Fsp3) is 0.471. The minimum atomic E-state index is -0.101. The van der Waals surface area contributed by atoms with Crippen LogP contribution in [0.1, 0.15) is 29.6 Å². The van der Waals surface area contributed by atoms with Crippen LogP contribution in [0.3, 0.4) is 0 Å². The normalized spacial score (nSPS) is 16.9. The molecule has 1 amide bonds. The summed E-state index contributed by atoms with van der Waals surface area (Å²) in [5, 5.41) is 6.93. The average molecular weight is 330 g/mol. The number of hydrogen-bond donors (Lipinski definition) is 1. The topological polar surface area (TPSA) is 78.3 Å². The maximum atomic E-state index is 12.2. The predicted molar refractivity (Wildman–Crippen MR) is 87.9 cm³/mol. The molecule has 0 spiro atoms. The summed E-state index contributed by atoms with van der Waals surface area (Å²) in [6.45, 7) is 2.65. The maximum Gasteiger partial charge on any atom is 0.251 e. The van der Waals surface area contributed by atoms with Gasteiger partial charge in [-0.1, -0.05) is 6.07 Å². The third kappa shape index (κ3) is 4.79. The molecule has 1 aliphatic heterocycles. The average Bonchev–Trinajstić information content (AvgIpc) is 3.30. The van der Waals surface area contributed by atoms with Crippen molar-refractivity contribution in [3.05, 3.63) is 42.5 Å². The summed E-state index contributed by atoms with van der Waals surface area (Å²) >= 11 is 0. The minimum absolute atomic E-state index is 0.101. The van der Waals surface area contributed by atoms with Crippen molar-refractivity contribution in [1.29, 1.82) is 0 Å². The van der Waals surface area contributed by atoms with Crippen LogP contribution in [0.5, 0.6) is 5.75 Å². The largest absolute Gasteiger partial charge is 0.491 e. The van der Waals surface area contributed by atoms with Crippen LogP contribution in [0, 0.1) is 0 Å². The minimum Gasteiger partial charge on any atom is -0.491 e.